The van der Waals surface area contributed by atoms with Gasteiger partial charge in [0.2, 0.25) is 0 Å². The van der Waals surface area contributed by atoms with E-state index in [-0.39, 0.29) is 22.2 Å². The van der Waals surface area contributed by atoms with Crippen LogP contribution in [0.4, 0.5) is 45.5 Å². The minimum atomic E-state index is -4.91. The van der Waals surface area contributed by atoms with Crippen LogP contribution >= 0.6 is 0 Å². The zero-order chi connectivity index (χ0) is 41.9. The molecule has 0 saturated heterocycles. The number of ether oxygens (including phenoxy) is 1. The quantitative estimate of drug-likeness (QED) is 0.0468. The minimum Gasteiger partial charge on any atom is -0.505 e. The van der Waals surface area contributed by atoms with Gasteiger partial charge in [0, 0.05) is 28.4 Å². The molecule has 6 aromatic rings. The molecule has 0 aliphatic carbocycles. The fourth-order valence-electron chi connectivity index (χ4n) is 5.61. The normalized spacial score (nSPS) is 12.2. The predicted molar refractivity (Wildman–Crippen MR) is 217 cm³/mol. The Hall–Kier alpha value is -6.93. The van der Waals surface area contributed by atoms with Crippen molar-refractivity contribution in [3.8, 4) is 11.5 Å². The number of carbonyl (C=O) groups is 1. The van der Waals surface area contributed by atoms with E-state index in [4.69, 9.17) is 10.5 Å². The SMILES string of the molecule is COc1ccc(N=Nc2ccc(N=Nc3cc(C)c(N=Nc4c(S(=O)(=O)O)cc5cc(NC(=O)c6ccc(N)cc6)ccc5c4O)cc3C)cc2C)c(S(=O)(=O)O)c1. The number of methoxy groups -OCH3 is 1. The molecule has 0 unspecified atom stereocenters. The summed E-state index contributed by atoms with van der Waals surface area (Å²) >= 11 is 0. The first-order valence-corrected chi connectivity index (χ1v) is 19.9. The van der Waals surface area contributed by atoms with E-state index in [0.29, 0.717) is 56.4 Å². The summed E-state index contributed by atoms with van der Waals surface area (Å²) < 4.78 is 73.5. The van der Waals surface area contributed by atoms with Crippen LogP contribution in [0.2, 0.25) is 0 Å². The van der Waals surface area contributed by atoms with Gasteiger partial charge in [-0.25, -0.2) is 0 Å². The molecule has 0 aliphatic heterocycles. The highest BCUT2D eigenvalue weighted by Crippen LogP contribution is 2.43. The van der Waals surface area contributed by atoms with Crippen molar-refractivity contribution in [1.29, 1.82) is 0 Å². The van der Waals surface area contributed by atoms with Crippen LogP contribution in [0.5, 0.6) is 11.5 Å². The number of anilines is 2. The van der Waals surface area contributed by atoms with Gasteiger partial charge in [0.15, 0.2) is 5.75 Å². The summed E-state index contributed by atoms with van der Waals surface area (Å²) in [7, 11) is -8.15. The molecule has 0 bridgehead atoms. The van der Waals surface area contributed by atoms with Crippen molar-refractivity contribution in [2.75, 3.05) is 18.2 Å². The number of nitrogens with zero attached hydrogens (tertiary/aromatic N) is 6. The van der Waals surface area contributed by atoms with Crippen molar-refractivity contribution in [1.82, 2.24) is 0 Å². The van der Waals surface area contributed by atoms with E-state index < -0.39 is 47.4 Å². The van der Waals surface area contributed by atoms with Crippen molar-refractivity contribution < 1.29 is 40.6 Å². The van der Waals surface area contributed by atoms with Crippen molar-refractivity contribution in [3.05, 3.63) is 119 Å². The van der Waals surface area contributed by atoms with E-state index in [1.54, 1.807) is 75.4 Å². The zero-order valence-corrected chi connectivity index (χ0v) is 32.7. The Kier molecular flexibility index (Phi) is 11.4. The molecule has 0 radical (unpaired) electrons. The van der Waals surface area contributed by atoms with Crippen LogP contribution in [-0.2, 0) is 20.2 Å². The number of carbonyl (C=O) groups excluding carboxylic acids is 1. The highest BCUT2D eigenvalue weighted by Gasteiger charge is 2.23. The van der Waals surface area contributed by atoms with Gasteiger partial charge in [-0.05, 0) is 134 Å². The second-order valence-electron chi connectivity index (χ2n) is 12.9. The van der Waals surface area contributed by atoms with Crippen molar-refractivity contribution >= 4 is 82.4 Å². The third-order valence-electron chi connectivity index (χ3n) is 8.70. The molecule has 0 atom stereocenters. The van der Waals surface area contributed by atoms with Gasteiger partial charge < -0.3 is 20.9 Å². The largest absolute Gasteiger partial charge is 0.505 e. The number of hydrogen-bond acceptors (Lipinski definition) is 14. The molecule has 6 N–H and O–H groups in total. The lowest BCUT2D eigenvalue weighted by atomic mass is 10.1. The Morgan fingerprint density at radius 3 is 1.84 bits per heavy atom. The molecule has 0 heterocycles. The number of azo groups is 3. The van der Waals surface area contributed by atoms with Crippen LogP contribution in [0, 0.1) is 20.8 Å². The van der Waals surface area contributed by atoms with E-state index in [2.05, 4.69) is 36.0 Å². The van der Waals surface area contributed by atoms with Crippen molar-refractivity contribution in [2.45, 2.75) is 30.6 Å². The fraction of sp³-hybridized carbons (Fsp3) is 0.103. The Bertz CT molecular complexity index is 2940. The number of aryl methyl sites for hydroxylation is 3. The van der Waals surface area contributed by atoms with E-state index in [0.717, 1.165) is 12.1 Å². The molecular weight excluding hydrogens is 789 g/mol. The molecule has 58 heavy (non-hydrogen) atoms. The number of phenols is 1. The van der Waals surface area contributed by atoms with E-state index in [9.17, 15) is 35.8 Å². The summed E-state index contributed by atoms with van der Waals surface area (Å²) in [5.74, 6) is -0.787. The predicted octanol–water partition coefficient (Wildman–Crippen LogP) is 10.1. The molecule has 0 aromatic heterocycles. The summed E-state index contributed by atoms with van der Waals surface area (Å²) in [4.78, 5) is 11.6. The number of aromatic hydroxyl groups is 1. The lowest BCUT2D eigenvalue weighted by Gasteiger charge is -2.11. The molecule has 19 heteroatoms. The van der Waals surface area contributed by atoms with Gasteiger partial charge in [-0.2, -0.15) is 37.3 Å². The van der Waals surface area contributed by atoms with E-state index in [1.807, 2.05) is 0 Å². The maximum Gasteiger partial charge on any atom is 0.296 e. The van der Waals surface area contributed by atoms with Crippen LogP contribution in [-0.4, -0.2) is 44.1 Å². The van der Waals surface area contributed by atoms with Gasteiger partial charge in [-0.15, -0.1) is 10.2 Å². The zero-order valence-electron chi connectivity index (χ0n) is 31.1. The summed E-state index contributed by atoms with van der Waals surface area (Å²) in [6.07, 6.45) is 0. The number of fused-ring (bicyclic) bond motifs is 1. The molecule has 6 rings (SSSR count). The number of rotatable bonds is 11. The van der Waals surface area contributed by atoms with E-state index in [1.165, 1.54) is 37.4 Å². The van der Waals surface area contributed by atoms with E-state index >= 15 is 0 Å². The monoisotopic (exact) mass is 822 g/mol. The van der Waals surface area contributed by atoms with Gasteiger partial charge in [-0.1, -0.05) is 0 Å². The number of hydrogen-bond donors (Lipinski definition) is 5. The lowest BCUT2D eigenvalue weighted by molar-refractivity contribution is 0.102. The van der Waals surface area contributed by atoms with Gasteiger partial charge in [-0.3, -0.25) is 13.9 Å². The minimum absolute atomic E-state index is 0.0817. The first-order valence-electron chi connectivity index (χ1n) is 17.0. The first-order chi connectivity index (χ1) is 27.4. The van der Waals surface area contributed by atoms with Crippen LogP contribution in [0.25, 0.3) is 10.8 Å². The standard InChI is InChI=1S/C39H34N8O9S2/c1-21-15-28(10-13-31(21)43-44-32-14-11-29(56-4)20-35(32)57(50,51)52)42-45-33-16-23(3)34(17-22(33)2)46-47-37-36(58(53,54)55)19-25-18-27(9-12-30(25)38(37)48)41-39(49)24-5-7-26(40)8-6-24/h5-20,48H,40H2,1-4H3,(H,41,49)(H,50,51,52)(H,53,54,55). The lowest BCUT2D eigenvalue weighted by Crippen LogP contribution is -2.11. The number of nitrogens with two attached hydrogens (primary N) is 1. The third-order valence-corrected chi connectivity index (χ3v) is 10.4. The van der Waals surface area contributed by atoms with Gasteiger partial charge in [0.05, 0.1) is 29.9 Å². The van der Waals surface area contributed by atoms with Gasteiger partial charge >= 0.3 is 0 Å². The van der Waals surface area contributed by atoms with Gasteiger partial charge in [0.1, 0.15) is 26.9 Å². The average Bonchev–Trinajstić information content (AvgIpc) is 3.17. The number of nitrogen functional groups attached to an aromatic ring is 1. The van der Waals surface area contributed by atoms with Crippen LogP contribution in [0.15, 0.2) is 138 Å². The summed E-state index contributed by atoms with van der Waals surface area (Å²) in [5, 5.41) is 39.3. The highest BCUT2D eigenvalue weighted by atomic mass is 32.2. The average molecular weight is 823 g/mol. The second-order valence-corrected chi connectivity index (χ2v) is 15.6. The highest BCUT2D eigenvalue weighted by molar-refractivity contribution is 7.86. The molecular formula is C39H34N8O9S2. The van der Waals surface area contributed by atoms with Gasteiger partial charge in [0.25, 0.3) is 26.1 Å². The Morgan fingerprint density at radius 1 is 0.638 bits per heavy atom. The molecule has 0 spiro atoms. The Morgan fingerprint density at radius 2 is 1.22 bits per heavy atom. The van der Waals surface area contributed by atoms with Crippen molar-refractivity contribution in [2.24, 2.45) is 30.7 Å². The Balaban J connectivity index is 1.22. The van der Waals surface area contributed by atoms with Crippen LogP contribution < -0.4 is 15.8 Å². The molecule has 0 saturated carbocycles. The molecule has 296 valence electrons. The third kappa shape index (κ3) is 9.19. The fourth-order valence-corrected chi connectivity index (χ4v) is 6.91. The van der Waals surface area contributed by atoms with Crippen LogP contribution in [0.1, 0.15) is 27.0 Å². The number of nitrogens with one attached hydrogen (secondary N) is 1. The number of benzene rings is 6. The number of phenolic OH excluding ortho intramolecular Hbond substituents is 1. The van der Waals surface area contributed by atoms with Crippen molar-refractivity contribution in [3.63, 3.8) is 0 Å². The topological polar surface area (TPSA) is 267 Å². The summed E-state index contributed by atoms with van der Waals surface area (Å²) in [6.45, 7) is 5.22. The molecule has 6 aromatic carbocycles. The maximum absolute atomic E-state index is 12.7. The molecule has 1 amide bonds. The second kappa shape index (κ2) is 16.3. The molecule has 0 fully saturated rings. The number of amides is 1. The maximum atomic E-state index is 12.7. The molecule has 17 nitrogen and oxygen atoms in total. The Labute approximate surface area is 332 Å². The summed E-state index contributed by atoms with van der Waals surface area (Å²) in [5.41, 5.74) is 9.79. The van der Waals surface area contributed by atoms with Crippen LogP contribution in [0.3, 0.4) is 0 Å². The summed E-state index contributed by atoms with van der Waals surface area (Å²) in [6, 6.07) is 24.1. The smallest absolute Gasteiger partial charge is 0.296 e. The molecule has 0 aliphatic rings. The first kappa shape index (κ1) is 40.7.